The predicted molar refractivity (Wildman–Crippen MR) is 107 cm³/mol. The summed E-state index contributed by atoms with van der Waals surface area (Å²) in [6.07, 6.45) is 1.77. The molecule has 1 N–H and O–H groups in total. The van der Waals surface area contributed by atoms with Crippen molar-refractivity contribution in [2.75, 3.05) is 5.32 Å². The van der Waals surface area contributed by atoms with Gasteiger partial charge in [0.05, 0.1) is 5.52 Å². The Hall–Kier alpha value is -3.20. The largest absolute Gasteiger partial charge is 0.365 e. The van der Waals surface area contributed by atoms with Gasteiger partial charge in [0.25, 0.3) is 0 Å². The number of hydrogen-bond acceptors (Lipinski definition) is 3. The molecule has 0 bridgehead atoms. The zero-order chi connectivity index (χ0) is 17.6. The standard InChI is InChI=1S/C23H21N3/c1-3-9-18(10-4-1)15-16-22-25-21-14-8-7-13-20(21)23(26-22)24-17-19-11-5-2-6-12-19/h1-14H,15-17H2,(H,24,25,26). The summed E-state index contributed by atoms with van der Waals surface area (Å²) in [4.78, 5) is 9.56. The van der Waals surface area contributed by atoms with Gasteiger partial charge in [0.2, 0.25) is 0 Å². The van der Waals surface area contributed by atoms with Crippen LogP contribution in [-0.4, -0.2) is 9.97 Å². The third kappa shape index (κ3) is 3.89. The molecule has 0 saturated heterocycles. The molecule has 3 heteroatoms. The molecule has 0 spiro atoms. The molecular formula is C23H21N3. The van der Waals surface area contributed by atoms with Crippen LogP contribution in [0, 0.1) is 0 Å². The van der Waals surface area contributed by atoms with Crippen molar-refractivity contribution in [3.63, 3.8) is 0 Å². The number of anilines is 1. The summed E-state index contributed by atoms with van der Waals surface area (Å²) in [7, 11) is 0. The van der Waals surface area contributed by atoms with Gasteiger partial charge in [-0.15, -0.1) is 0 Å². The molecule has 0 saturated carbocycles. The van der Waals surface area contributed by atoms with E-state index in [-0.39, 0.29) is 0 Å². The first-order valence-corrected chi connectivity index (χ1v) is 8.96. The fourth-order valence-corrected chi connectivity index (χ4v) is 3.05. The van der Waals surface area contributed by atoms with E-state index in [0.29, 0.717) is 0 Å². The van der Waals surface area contributed by atoms with Crippen molar-refractivity contribution in [3.05, 3.63) is 102 Å². The van der Waals surface area contributed by atoms with Gasteiger partial charge < -0.3 is 5.32 Å². The summed E-state index contributed by atoms with van der Waals surface area (Å²) in [5, 5.41) is 4.55. The highest BCUT2D eigenvalue weighted by atomic mass is 15.0. The highest BCUT2D eigenvalue weighted by molar-refractivity contribution is 5.88. The van der Waals surface area contributed by atoms with E-state index in [1.54, 1.807) is 0 Å². The molecule has 0 radical (unpaired) electrons. The molecule has 4 rings (SSSR count). The summed E-state index contributed by atoms with van der Waals surface area (Å²) in [6.45, 7) is 0.750. The smallest absolute Gasteiger partial charge is 0.137 e. The second kappa shape index (κ2) is 7.79. The zero-order valence-electron chi connectivity index (χ0n) is 14.6. The minimum Gasteiger partial charge on any atom is -0.365 e. The molecular weight excluding hydrogens is 318 g/mol. The van der Waals surface area contributed by atoms with Crippen molar-refractivity contribution in [1.29, 1.82) is 0 Å². The summed E-state index contributed by atoms with van der Waals surface area (Å²) in [5.74, 6) is 1.78. The Morgan fingerprint density at radius 2 is 1.27 bits per heavy atom. The molecule has 1 heterocycles. The van der Waals surface area contributed by atoms with Gasteiger partial charge in [-0.2, -0.15) is 0 Å². The van der Waals surface area contributed by atoms with Crippen LogP contribution in [-0.2, 0) is 19.4 Å². The Kier molecular flexibility index (Phi) is 4.88. The van der Waals surface area contributed by atoms with Crippen LogP contribution in [0.3, 0.4) is 0 Å². The van der Waals surface area contributed by atoms with Crippen LogP contribution < -0.4 is 5.32 Å². The number of hydrogen-bond donors (Lipinski definition) is 1. The van der Waals surface area contributed by atoms with E-state index in [2.05, 4.69) is 66.0 Å². The lowest BCUT2D eigenvalue weighted by atomic mass is 10.1. The fraction of sp³-hybridized carbons (Fsp3) is 0.130. The average Bonchev–Trinajstić information content (AvgIpc) is 2.72. The maximum absolute atomic E-state index is 4.81. The van der Waals surface area contributed by atoms with Crippen molar-refractivity contribution >= 4 is 16.7 Å². The lowest BCUT2D eigenvalue weighted by Crippen LogP contribution is -2.06. The molecule has 0 aliphatic heterocycles. The van der Waals surface area contributed by atoms with E-state index in [1.165, 1.54) is 11.1 Å². The first-order chi connectivity index (χ1) is 12.9. The zero-order valence-corrected chi connectivity index (χ0v) is 14.6. The summed E-state index contributed by atoms with van der Waals surface area (Å²) in [6, 6.07) is 29.0. The van der Waals surface area contributed by atoms with Gasteiger partial charge in [0.1, 0.15) is 11.6 Å². The van der Waals surface area contributed by atoms with Gasteiger partial charge in [-0.05, 0) is 29.7 Å². The second-order valence-electron chi connectivity index (χ2n) is 6.33. The lowest BCUT2D eigenvalue weighted by molar-refractivity contribution is 0.868. The van der Waals surface area contributed by atoms with Gasteiger partial charge in [0.15, 0.2) is 0 Å². The highest BCUT2D eigenvalue weighted by Gasteiger charge is 2.08. The third-order valence-corrected chi connectivity index (χ3v) is 4.43. The minimum atomic E-state index is 0.750. The number of nitrogens with zero attached hydrogens (tertiary/aromatic N) is 2. The van der Waals surface area contributed by atoms with Gasteiger partial charge in [0, 0.05) is 18.4 Å². The first-order valence-electron chi connectivity index (χ1n) is 8.96. The van der Waals surface area contributed by atoms with Gasteiger partial charge >= 0.3 is 0 Å². The van der Waals surface area contributed by atoms with Crippen molar-refractivity contribution in [1.82, 2.24) is 9.97 Å². The Morgan fingerprint density at radius 3 is 2.04 bits per heavy atom. The van der Waals surface area contributed by atoms with E-state index in [4.69, 9.17) is 9.97 Å². The van der Waals surface area contributed by atoms with Crippen LogP contribution in [0.25, 0.3) is 10.9 Å². The van der Waals surface area contributed by atoms with Crippen LogP contribution in [0.4, 0.5) is 5.82 Å². The van der Waals surface area contributed by atoms with Crippen molar-refractivity contribution in [3.8, 4) is 0 Å². The van der Waals surface area contributed by atoms with Gasteiger partial charge in [-0.25, -0.2) is 9.97 Å². The first kappa shape index (κ1) is 16.3. The molecule has 0 aliphatic rings. The number of fused-ring (bicyclic) bond motifs is 1. The Labute approximate surface area is 153 Å². The predicted octanol–water partition coefficient (Wildman–Crippen LogP) is 5.03. The van der Waals surface area contributed by atoms with E-state index in [9.17, 15) is 0 Å². The number of nitrogens with one attached hydrogen (secondary N) is 1. The van der Waals surface area contributed by atoms with Crippen LogP contribution in [0.1, 0.15) is 17.0 Å². The molecule has 0 fully saturated rings. The molecule has 0 unspecified atom stereocenters. The Morgan fingerprint density at radius 1 is 0.615 bits per heavy atom. The molecule has 128 valence electrons. The molecule has 3 nitrogen and oxygen atoms in total. The van der Waals surface area contributed by atoms with Crippen LogP contribution in [0.2, 0.25) is 0 Å². The summed E-state index contributed by atoms with van der Waals surface area (Å²) < 4.78 is 0. The van der Waals surface area contributed by atoms with Crippen molar-refractivity contribution < 1.29 is 0 Å². The fourth-order valence-electron chi connectivity index (χ4n) is 3.05. The molecule has 4 aromatic rings. The lowest BCUT2D eigenvalue weighted by Gasteiger charge is -2.11. The van der Waals surface area contributed by atoms with Crippen LogP contribution >= 0.6 is 0 Å². The number of para-hydroxylation sites is 1. The quantitative estimate of drug-likeness (QED) is 0.535. The van der Waals surface area contributed by atoms with Crippen molar-refractivity contribution in [2.45, 2.75) is 19.4 Å². The average molecular weight is 339 g/mol. The normalized spacial score (nSPS) is 10.8. The van der Waals surface area contributed by atoms with E-state index in [0.717, 1.165) is 41.9 Å². The van der Waals surface area contributed by atoms with Crippen molar-refractivity contribution in [2.24, 2.45) is 0 Å². The summed E-state index contributed by atoms with van der Waals surface area (Å²) >= 11 is 0. The minimum absolute atomic E-state index is 0.750. The summed E-state index contributed by atoms with van der Waals surface area (Å²) in [5.41, 5.74) is 3.53. The Bertz CT molecular complexity index is 982. The third-order valence-electron chi connectivity index (χ3n) is 4.43. The molecule has 1 aromatic heterocycles. The molecule has 0 amide bonds. The maximum Gasteiger partial charge on any atom is 0.137 e. The second-order valence-corrected chi connectivity index (χ2v) is 6.33. The molecule has 26 heavy (non-hydrogen) atoms. The maximum atomic E-state index is 4.81. The SMILES string of the molecule is c1ccc(CCc2nc(NCc3ccccc3)c3ccccc3n2)cc1. The molecule has 0 aliphatic carbocycles. The van der Waals surface area contributed by atoms with Gasteiger partial charge in [-0.3, -0.25) is 0 Å². The van der Waals surface area contributed by atoms with E-state index >= 15 is 0 Å². The topological polar surface area (TPSA) is 37.8 Å². The monoisotopic (exact) mass is 339 g/mol. The Balaban J connectivity index is 1.58. The van der Waals surface area contributed by atoms with E-state index < -0.39 is 0 Å². The number of rotatable bonds is 6. The van der Waals surface area contributed by atoms with Crippen LogP contribution in [0.5, 0.6) is 0 Å². The van der Waals surface area contributed by atoms with Crippen LogP contribution in [0.15, 0.2) is 84.9 Å². The number of benzene rings is 3. The molecule has 0 atom stereocenters. The highest BCUT2D eigenvalue weighted by Crippen LogP contribution is 2.21. The molecule has 3 aromatic carbocycles. The number of aromatic nitrogens is 2. The van der Waals surface area contributed by atoms with E-state index in [1.807, 2.05) is 24.3 Å². The van der Waals surface area contributed by atoms with Gasteiger partial charge in [-0.1, -0.05) is 72.8 Å². The number of aryl methyl sites for hydroxylation is 2.